The molecule has 0 saturated carbocycles. The summed E-state index contributed by atoms with van der Waals surface area (Å²) >= 11 is 0. The molecule has 4 saturated heterocycles. The molecule has 27 heteroatoms. The predicted molar refractivity (Wildman–Crippen MR) is 186 cm³/mol. The van der Waals surface area contributed by atoms with E-state index in [1.165, 1.54) is 0 Å². The zero-order valence-electron chi connectivity index (χ0n) is 32.4. The fourth-order valence-corrected chi connectivity index (χ4v) is 7.35. The number of rotatable bonds is 16. The van der Waals surface area contributed by atoms with Gasteiger partial charge in [0.2, 0.25) is 17.7 Å². The van der Waals surface area contributed by atoms with Crippen LogP contribution in [0.15, 0.2) is 0 Å². The zero-order chi connectivity index (χ0) is 45.0. The van der Waals surface area contributed by atoms with Gasteiger partial charge in [0.15, 0.2) is 18.9 Å². The van der Waals surface area contributed by atoms with Gasteiger partial charge in [-0.05, 0) is 0 Å². The summed E-state index contributed by atoms with van der Waals surface area (Å²) in [4.78, 5) is 48.8. The summed E-state index contributed by atoms with van der Waals surface area (Å²) in [6, 6.07) is -4.74. The van der Waals surface area contributed by atoms with Crippen molar-refractivity contribution in [2.45, 2.75) is 155 Å². The van der Waals surface area contributed by atoms with Crippen molar-refractivity contribution in [1.82, 2.24) is 16.0 Å². The second-order valence-electron chi connectivity index (χ2n) is 14.8. The number of aliphatic hydroxyl groups is 12. The zero-order valence-corrected chi connectivity index (χ0v) is 32.4. The molecular formula is C33H55N3O24. The topological polar surface area (TPSA) is 432 Å². The highest BCUT2D eigenvalue weighted by Gasteiger charge is 2.60. The van der Waals surface area contributed by atoms with E-state index in [1.54, 1.807) is 0 Å². The number of carboxylic acid groups (broad SMARTS) is 1. The van der Waals surface area contributed by atoms with Crippen LogP contribution >= 0.6 is 0 Å². The van der Waals surface area contributed by atoms with Crippen molar-refractivity contribution < 1.29 is 119 Å². The number of hydrogen-bond donors (Lipinski definition) is 16. The minimum Gasteiger partial charge on any atom is -0.477 e. The first-order valence-electron chi connectivity index (χ1n) is 18.7. The normalized spacial score (nSPS) is 43.3. The minimum absolute atomic E-state index is 0.686. The third kappa shape index (κ3) is 11.0. The molecule has 4 aliphatic heterocycles. The van der Waals surface area contributed by atoms with Crippen molar-refractivity contribution in [3.63, 3.8) is 0 Å². The first-order chi connectivity index (χ1) is 28.1. The number of carbonyl (C=O) groups excluding carboxylic acids is 3. The Morgan fingerprint density at radius 3 is 1.77 bits per heavy atom. The Labute approximate surface area is 340 Å². The molecule has 4 heterocycles. The largest absolute Gasteiger partial charge is 0.477 e. The first kappa shape index (κ1) is 49.8. The van der Waals surface area contributed by atoms with E-state index in [0.717, 1.165) is 20.8 Å². The highest BCUT2D eigenvalue weighted by molar-refractivity contribution is 5.77. The van der Waals surface area contributed by atoms with Crippen LogP contribution in [0.25, 0.3) is 0 Å². The van der Waals surface area contributed by atoms with Gasteiger partial charge >= 0.3 is 5.97 Å². The van der Waals surface area contributed by atoms with E-state index < -0.39 is 185 Å². The Morgan fingerprint density at radius 1 is 0.683 bits per heavy atom. The van der Waals surface area contributed by atoms with E-state index in [2.05, 4.69) is 16.0 Å². The van der Waals surface area contributed by atoms with Crippen molar-refractivity contribution in [2.24, 2.45) is 0 Å². The van der Waals surface area contributed by atoms with Crippen molar-refractivity contribution >= 4 is 23.7 Å². The number of nitrogens with one attached hydrogen (secondary N) is 3. The summed E-state index contributed by atoms with van der Waals surface area (Å²) in [7, 11) is 0. The Morgan fingerprint density at radius 2 is 1.22 bits per heavy atom. The molecule has 346 valence electrons. The molecule has 0 aromatic rings. The number of hydrogen-bond acceptors (Lipinski definition) is 23. The molecule has 27 nitrogen and oxygen atoms in total. The molecule has 0 unspecified atom stereocenters. The van der Waals surface area contributed by atoms with Gasteiger partial charge in [-0.1, -0.05) is 0 Å². The van der Waals surface area contributed by atoms with Crippen LogP contribution in [0.4, 0.5) is 0 Å². The average molecular weight is 878 g/mol. The van der Waals surface area contributed by atoms with Gasteiger partial charge < -0.3 is 115 Å². The van der Waals surface area contributed by atoms with E-state index in [-0.39, 0.29) is 0 Å². The third-order valence-electron chi connectivity index (χ3n) is 10.4. The Balaban J connectivity index is 1.63. The van der Waals surface area contributed by atoms with Crippen LogP contribution < -0.4 is 16.0 Å². The molecule has 4 rings (SSSR count). The average Bonchev–Trinajstić information content (AvgIpc) is 3.18. The second-order valence-corrected chi connectivity index (χ2v) is 14.8. The van der Waals surface area contributed by atoms with Gasteiger partial charge in [-0.15, -0.1) is 0 Å². The summed E-state index contributed by atoms with van der Waals surface area (Å²) in [6.45, 7) is -0.609. The SMILES string of the molecule is CC(=O)N[C@@H]1[C@@H](O[C@@H]2O[C@H](CO)[C@H](O)[C@H](O[C@]3(C(=O)O)C[C@H](O)[C@@H](NC(C)=O)[C@H]([C@H](O)[C@H](O)CO)O3)[C@H]2O)[C@@H](O)[C@@H](CO[C@@H]2O[C@H](CO)[C@@H](O)[C@H](O)[C@H]2NC(C)=O)O[C@H]1O. The number of carbonyl (C=O) groups is 4. The number of ether oxygens (including phenoxy) is 7. The summed E-state index contributed by atoms with van der Waals surface area (Å²) in [6.07, 6.45) is -33.9. The van der Waals surface area contributed by atoms with Crippen LogP contribution in [0.3, 0.4) is 0 Å². The molecule has 21 atom stereocenters. The molecule has 4 aliphatic rings. The molecule has 16 N–H and O–H groups in total. The van der Waals surface area contributed by atoms with E-state index in [0.29, 0.717) is 0 Å². The monoisotopic (exact) mass is 877 g/mol. The van der Waals surface area contributed by atoms with Crippen molar-refractivity contribution in [2.75, 3.05) is 26.4 Å². The van der Waals surface area contributed by atoms with Gasteiger partial charge in [0.1, 0.15) is 91.4 Å². The summed E-state index contributed by atoms with van der Waals surface area (Å²) in [5, 5.41) is 145. The molecule has 0 aromatic heterocycles. The molecule has 0 aromatic carbocycles. The number of aliphatic carboxylic acids is 1. The molecule has 0 radical (unpaired) electrons. The number of aliphatic hydroxyl groups excluding tert-OH is 12. The van der Waals surface area contributed by atoms with Gasteiger partial charge in [-0.25, -0.2) is 4.79 Å². The maximum Gasteiger partial charge on any atom is 0.364 e. The van der Waals surface area contributed by atoms with Gasteiger partial charge in [0.05, 0.1) is 38.6 Å². The van der Waals surface area contributed by atoms with Crippen LogP contribution in [0.2, 0.25) is 0 Å². The Bertz CT molecular complexity index is 1470. The van der Waals surface area contributed by atoms with Crippen LogP contribution in [-0.4, -0.2) is 245 Å². The lowest BCUT2D eigenvalue weighted by Crippen LogP contribution is -2.71. The highest BCUT2D eigenvalue weighted by Crippen LogP contribution is 2.38. The third-order valence-corrected chi connectivity index (χ3v) is 10.4. The minimum atomic E-state index is -3.13. The Kier molecular flexibility index (Phi) is 17.4. The lowest BCUT2D eigenvalue weighted by molar-refractivity contribution is -0.381. The maximum absolute atomic E-state index is 12.9. The van der Waals surface area contributed by atoms with Gasteiger partial charge in [-0.3, -0.25) is 14.4 Å². The van der Waals surface area contributed by atoms with E-state index in [1.807, 2.05) is 0 Å². The molecule has 4 fully saturated rings. The van der Waals surface area contributed by atoms with Crippen LogP contribution in [0.1, 0.15) is 27.2 Å². The molecular weight excluding hydrogens is 822 g/mol. The fraction of sp³-hybridized carbons (Fsp3) is 0.879. The quantitative estimate of drug-likeness (QED) is 0.0684. The molecule has 3 amide bonds. The van der Waals surface area contributed by atoms with Gasteiger partial charge in [0, 0.05) is 27.2 Å². The molecule has 60 heavy (non-hydrogen) atoms. The summed E-state index contributed by atoms with van der Waals surface area (Å²) < 4.78 is 39.3. The smallest absolute Gasteiger partial charge is 0.364 e. The van der Waals surface area contributed by atoms with Crippen molar-refractivity contribution in [3.05, 3.63) is 0 Å². The van der Waals surface area contributed by atoms with Crippen molar-refractivity contribution in [3.8, 4) is 0 Å². The van der Waals surface area contributed by atoms with E-state index in [9.17, 15) is 85.6 Å². The van der Waals surface area contributed by atoms with Crippen LogP contribution in [0.5, 0.6) is 0 Å². The van der Waals surface area contributed by atoms with Crippen LogP contribution in [0, 0.1) is 0 Å². The van der Waals surface area contributed by atoms with E-state index >= 15 is 0 Å². The second kappa shape index (κ2) is 21.0. The van der Waals surface area contributed by atoms with Crippen molar-refractivity contribution in [1.29, 1.82) is 0 Å². The predicted octanol–water partition coefficient (Wildman–Crippen LogP) is -10.1. The van der Waals surface area contributed by atoms with Gasteiger partial charge in [-0.2, -0.15) is 0 Å². The fourth-order valence-electron chi connectivity index (χ4n) is 7.35. The number of amides is 3. The molecule has 0 aliphatic carbocycles. The molecule has 0 spiro atoms. The lowest BCUT2D eigenvalue weighted by atomic mass is 9.88. The Hall–Kier alpha value is -2.88. The van der Waals surface area contributed by atoms with Crippen LogP contribution in [-0.2, 0) is 52.3 Å². The highest BCUT2D eigenvalue weighted by atomic mass is 16.8. The van der Waals surface area contributed by atoms with Gasteiger partial charge in [0.25, 0.3) is 5.79 Å². The summed E-state index contributed by atoms with van der Waals surface area (Å²) in [5.74, 6) is -7.45. The summed E-state index contributed by atoms with van der Waals surface area (Å²) in [5.41, 5.74) is 0. The van der Waals surface area contributed by atoms with E-state index in [4.69, 9.17) is 33.2 Å². The lowest BCUT2D eigenvalue weighted by Gasteiger charge is -2.51. The number of carboxylic acids is 1. The first-order valence-corrected chi connectivity index (χ1v) is 18.7. The molecule has 0 bridgehead atoms. The standard InChI is InChI=1S/C33H55N3O24/c1-9(40)34-17-12(43)4-33(32(52)53,59-27(17)20(45)13(44)5-37)60-28-22(47)15(7-39)57-31(25(28)50)58-26-19(36-11(3)42)29(51)55-16(23(26)48)8-54-30-18(35-10(2)41)24(49)21(46)14(6-38)56-30/h12-31,37-39,43-51H,4-8H2,1-3H3,(H,34,40)(H,35,41)(H,36,42)(H,52,53)/t12-,13+,14+,15+,16+,17+,18+,19+,20+,21+,22-,23-,24+,25+,26+,27+,28-,29+,30+,31-,33-/m0/s1. The maximum atomic E-state index is 12.9.